The molecule has 1 aromatic rings. The molecule has 0 bridgehead atoms. The van der Waals surface area contributed by atoms with Crippen LogP contribution >= 0.6 is 0 Å². The summed E-state index contributed by atoms with van der Waals surface area (Å²) in [7, 11) is 0. The van der Waals surface area contributed by atoms with Gasteiger partial charge in [-0.3, -0.25) is 11.3 Å². The van der Waals surface area contributed by atoms with E-state index in [4.69, 9.17) is 5.84 Å². The summed E-state index contributed by atoms with van der Waals surface area (Å²) < 4.78 is 53.7. The van der Waals surface area contributed by atoms with Gasteiger partial charge in [0.2, 0.25) is 0 Å². The SMILES string of the molecule is Cc1ccc(F)c(C(NN)C2CCCCC2C(F)(F)F)c1. The zero-order valence-corrected chi connectivity index (χ0v) is 11.9. The Morgan fingerprint density at radius 3 is 2.52 bits per heavy atom. The van der Waals surface area contributed by atoms with Crippen LogP contribution in [0.5, 0.6) is 0 Å². The van der Waals surface area contributed by atoms with Gasteiger partial charge in [-0.2, -0.15) is 13.2 Å². The van der Waals surface area contributed by atoms with Crippen LogP contribution in [0.25, 0.3) is 0 Å². The van der Waals surface area contributed by atoms with Crippen molar-refractivity contribution in [3.63, 3.8) is 0 Å². The Hall–Kier alpha value is -1.14. The average molecular weight is 304 g/mol. The summed E-state index contributed by atoms with van der Waals surface area (Å²) >= 11 is 0. The third kappa shape index (κ3) is 3.55. The number of hydrogen-bond donors (Lipinski definition) is 2. The second kappa shape index (κ2) is 6.32. The van der Waals surface area contributed by atoms with E-state index in [0.29, 0.717) is 19.3 Å². The average Bonchev–Trinajstić information content (AvgIpc) is 2.43. The first-order chi connectivity index (χ1) is 9.84. The lowest BCUT2D eigenvalue weighted by molar-refractivity contribution is -0.199. The van der Waals surface area contributed by atoms with Crippen molar-refractivity contribution in [2.24, 2.45) is 17.7 Å². The number of nitrogens with two attached hydrogens (primary N) is 1. The number of hydrogen-bond acceptors (Lipinski definition) is 2. The Morgan fingerprint density at radius 2 is 1.90 bits per heavy atom. The van der Waals surface area contributed by atoms with E-state index in [1.165, 1.54) is 6.07 Å². The largest absolute Gasteiger partial charge is 0.392 e. The van der Waals surface area contributed by atoms with E-state index in [2.05, 4.69) is 5.43 Å². The van der Waals surface area contributed by atoms with Crippen LogP contribution in [0, 0.1) is 24.6 Å². The molecule has 0 aliphatic heterocycles. The minimum Gasteiger partial charge on any atom is -0.271 e. The zero-order valence-electron chi connectivity index (χ0n) is 11.9. The van der Waals surface area contributed by atoms with Gasteiger partial charge in [0.25, 0.3) is 0 Å². The van der Waals surface area contributed by atoms with Crippen LogP contribution in [0.15, 0.2) is 18.2 Å². The molecule has 1 aliphatic carbocycles. The van der Waals surface area contributed by atoms with Gasteiger partial charge in [0.05, 0.1) is 12.0 Å². The molecular formula is C15H20F4N2. The summed E-state index contributed by atoms with van der Waals surface area (Å²) in [6.45, 7) is 1.78. The molecule has 0 aromatic heterocycles. The van der Waals surface area contributed by atoms with Gasteiger partial charge in [-0.1, -0.05) is 30.5 Å². The Balaban J connectivity index is 2.36. The molecule has 3 atom stereocenters. The van der Waals surface area contributed by atoms with Crippen LogP contribution in [-0.2, 0) is 0 Å². The molecule has 1 fully saturated rings. The predicted molar refractivity (Wildman–Crippen MR) is 72.7 cm³/mol. The lowest BCUT2D eigenvalue weighted by Gasteiger charge is -2.38. The van der Waals surface area contributed by atoms with Crippen molar-refractivity contribution in [1.29, 1.82) is 0 Å². The van der Waals surface area contributed by atoms with Crippen molar-refractivity contribution in [2.45, 2.75) is 44.8 Å². The number of aryl methyl sites for hydroxylation is 1. The van der Waals surface area contributed by atoms with Crippen molar-refractivity contribution in [2.75, 3.05) is 0 Å². The first-order valence-electron chi connectivity index (χ1n) is 7.13. The van der Waals surface area contributed by atoms with Crippen LogP contribution in [0.3, 0.4) is 0 Å². The number of benzene rings is 1. The molecule has 2 rings (SSSR count). The summed E-state index contributed by atoms with van der Waals surface area (Å²) in [6, 6.07) is 3.62. The Kier molecular flexibility index (Phi) is 4.88. The molecule has 6 heteroatoms. The molecule has 0 spiro atoms. The van der Waals surface area contributed by atoms with Gasteiger partial charge >= 0.3 is 6.18 Å². The van der Waals surface area contributed by atoms with E-state index >= 15 is 0 Å². The topological polar surface area (TPSA) is 38.0 Å². The highest BCUT2D eigenvalue weighted by molar-refractivity contribution is 5.27. The molecule has 118 valence electrons. The van der Waals surface area contributed by atoms with Gasteiger partial charge in [0.15, 0.2) is 0 Å². The molecule has 3 N–H and O–H groups in total. The zero-order chi connectivity index (χ0) is 15.6. The lowest BCUT2D eigenvalue weighted by atomic mass is 9.73. The van der Waals surface area contributed by atoms with E-state index in [-0.39, 0.29) is 12.0 Å². The molecule has 1 saturated carbocycles. The molecule has 0 radical (unpaired) electrons. The minimum atomic E-state index is -4.28. The fraction of sp³-hybridized carbons (Fsp3) is 0.600. The van der Waals surface area contributed by atoms with Crippen molar-refractivity contribution >= 4 is 0 Å². The van der Waals surface area contributed by atoms with Gasteiger partial charge in [-0.05, 0) is 31.7 Å². The van der Waals surface area contributed by atoms with Gasteiger partial charge in [-0.25, -0.2) is 4.39 Å². The maximum Gasteiger partial charge on any atom is 0.392 e. The van der Waals surface area contributed by atoms with E-state index in [1.54, 1.807) is 19.1 Å². The molecule has 0 amide bonds. The molecule has 1 aromatic carbocycles. The van der Waals surface area contributed by atoms with Crippen molar-refractivity contribution < 1.29 is 17.6 Å². The maximum atomic E-state index is 14.0. The van der Waals surface area contributed by atoms with E-state index in [0.717, 1.165) is 5.56 Å². The van der Waals surface area contributed by atoms with Crippen molar-refractivity contribution in [3.05, 3.63) is 35.1 Å². The summed E-state index contributed by atoms with van der Waals surface area (Å²) in [5.74, 6) is 2.78. The monoisotopic (exact) mass is 304 g/mol. The van der Waals surface area contributed by atoms with Crippen molar-refractivity contribution in [1.82, 2.24) is 5.43 Å². The number of nitrogens with one attached hydrogen (secondary N) is 1. The second-order valence-electron chi connectivity index (χ2n) is 5.77. The molecule has 1 aliphatic rings. The standard InChI is InChI=1S/C15H20F4N2/c1-9-6-7-13(16)11(8-9)14(21-20)10-4-2-3-5-12(10)15(17,18)19/h6-8,10,12,14,21H,2-5,20H2,1H3. The Labute approximate surface area is 121 Å². The van der Waals surface area contributed by atoms with Gasteiger partial charge in [0.1, 0.15) is 5.82 Å². The summed E-state index contributed by atoms with van der Waals surface area (Å²) in [4.78, 5) is 0. The molecule has 3 unspecified atom stereocenters. The molecule has 2 nitrogen and oxygen atoms in total. The van der Waals surface area contributed by atoms with Crippen LogP contribution in [0.1, 0.15) is 42.9 Å². The predicted octanol–water partition coefficient (Wildman–Crippen LogP) is 4.01. The second-order valence-corrected chi connectivity index (χ2v) is 5.77. The Morgan fingerprint density at radius 1 is 1.24 bits per heavy atom. The highest BCUT2D eigenvalue weighted by Crippen LogP contribution is 2.46. The molecule has 0 heterocycles. The van der Waals surface area contributed by atoms with Crippen LogP contribution in [0.2, 0.25) is 0 Å². The molecule has 0 saturated heterocycles. The normalized spacial score (nSPS) is 24.9. The van der Waals surface area contributed by atoms with E-state index in [1.807, 2.05) is 0 Å². The lowest BCUT2D eigenvalue weighted by Crippen LogP contribution is -2.43. The fourth-order valence-corrected chi connectivity index (χ4v) is 3.31. The van der Waals surface area contributed by atoms with Crippen molar-refractivity contribution in [3.8, 4) is 0 Å². The smallest absolute Gasteiger partial charge is 0.271 e. The van der Waals surface area contributed by atoms with Gasteiger partial charge in [-0.15, -0.1) is 0 Å². The molecular weight excluding hydrogens is 284 g/mol. The highest BCUT2D eigenvalue weighted by Gasteiger charge is 2.48. The number of hydrazine groups is 1. The summed E-state index contributed by atoms with van der Waals surface area (Å²) in [6.07, 6.45) is -2.54. The number of halogens is 4. The maximum absolute atomic E-state index is 14.0. The first kappa shape index (κ1) is 16.2. The summed E-state index contributed by atoms with van der Waals surface area (Å²) in [5.41, 5.74) is 3.44. The molecule has 21 heavy (non-hydrogen) atoms. The number of alkyl halides is 3. The van der Waals surface area contributed by atoms with Crippen LogP contribution in [0.4, 0.5) is 17.6 Å². The van der Waals surface area contributed by atoms with Crippen LogP contribution in [-0.4, -0.2) is 6.18 Å². The Bertz CT molecular complexity index is 487. The minimum absolute atomic E-state index is 0.0831. The third-order valence-corrected chi connectivity index (χ3v) is 4.33. The van der Waals surface area contributed by atoms with E-state index in [9.17, 15) is 17.6 Å². The first-order valence-corrected chi connectivity index (χ1v) is 7.13. The highest BCUT2D eigenvalue weighted by atomic mass is 19.4. The fourth-order valence-electron chi connectivity index (χ4n) is 3.31. The van der Waals surface area contributed by atoms with Gasteiger partial charge in [0, 0.05) is 5.56 Å². The van der Waals surface area contributed by atoms with Gasteiger partial charge < -0.3 is 0 Å². The number of rotatable bonds is 3. The van der Waals surface area contributed by atoms with Crippen LogP contribution < -0.4 is 11.3 Å². The van der Waals surface area contributed by atoms with E-state index < -0.39 is 29.9 Å². The summed E-state index contributed by atoms with van der Waals surface area (Å²) in [5, 5.41) is 0. The third-order valence-electron chi connectivity index (χ3n) is 4.33. The quantitative estimate of drug-likeness (QED) is 0.503.